The number of H-pyrrole nitrogens is 1. The molecule has 0 atom stereocenters. The van der Waals surface area contributed by atoms with Gasteiger partial charge in [-0.2, -0.15) is 5.10 Å². The minimum absolute atomic E-state index is 0.209. The molecule has 0 radical (unpaired) electrons. The van der Waals surface area contributed by atoms with Crippen molar-refractivity contribution in [3.63, 3.8) is 0 Å². The third-order valence-corrected chi connectivity index (χ3v) is 2.69. The highest BCUT2D eigenvalue weighted by Gasteiger charge is 2.06. The first kappa shape index (κ1) is 10.3. The number of nitrogens with zero attached hydrogens (tertiary/aromatic N) is 2. The summed E-state index contributed by atoms with van der Waals surface area (Å²) < 4.78 is 5.43. The third kappa shape index (κ3) is 2.64. The Bertz CT molecular complexity index is 408. The molecule has 0 unspecified atom stereocenters. The Hall–Kier alpha value is -1.20. The van der Waals surface area contributed by atoms with E-state index in [2.05, 4.69) is 15.2 Å². The Kier molecular flexibility index (Phi) is 3.13. The molecule has 0 aliphatic rings. The number of nitrogens with one attached hydrogen (secondary N) is 1. The van der Waals surface area contributed by atoms with Gasteiger partial charge in [-0.15, -0.1) is 11.3 Å². The zero-order valence-corrected chi connectivity index (χ0v) is 9.54. The van der Waals surface area contributed by atoms with Crippen molar-refractivity contribution in [1.82, 2.24) is 15.2 Å². The molecule has 2 heterocycles. The van der Waals surface area contributed by atoms with Gasteiger partial charge in [0.2, 0.25) is 0 Å². The van der Waals surface area contributed by atoms with Crippen molar-refractivity contribution >= 4 is 11.3 Å². The highest BCUT2D eigenvalue weighted by atomic mass is 32.1. The van der Waals surface area contributed by atoms with E-state index in [-0.39, 0.29) is 6.10 Å². The van der Waals surface area contributed by atoms with E-state index >= 15 is 0 Å². The van der Waals surface area contributed by atoms with Gasteiger partial charge in [-0.3, -0.25) is 5.10 Å². The van der Waals surface area contributed by atoms with Crippen LogP contribution < -0.4 is 0 Å². The quantitative estimate of drug-likeness (QED) is 0.866. The van der Waals surface area contributed by atoms with Crippen LogP contribution in [0.5, 0.6) is 0 Å². The van der Waals surface area contributed by atoms with Gasteiger partial charge in [-0.25, -0.2) is 4.98 Å². The van der Waals surface area contributed by atoms with Crippen molar-refractivity contribution < 1.29 is 4.74 Å². The molecule has 0 aromatic carbocycles. The van der Waals surface area contributed by atoms with E-state index in [1.807, 2.05) is 31.4 Å². The molecule has 0 fully saturated rings. The average Bonchev–Trinajstić information content (AvgIpc) is 2.85. The summed E-state index contributed by atoms with van der Waals surface area (Å²) in [6, 6.07) is 3.99. The molecule has 2 aromatic heterocycles. The van der Waals surface area contributed by atoms with Gasteiger partial charge in [0.1, 0.15) is 6.61 Å². The molecule has 0 spiro atoms. The Morgan fingerprint density at radius 1 is 1.53 bits per heavy atom. The first-order chi connectivity index (χ1) is 7.25. The lowest BCUT2D eigenvalue weighted by Crippen LogP contribution is -2.03. The first-order valence-corrected chi connectivity index (χ1v) is 5.70. The standard InChI is InChI=1S/C10H13N3OS/c1-7(2)14-6-9-11-10(13-12-9)8-4-3-5-15-8/h3-5,7H,6H2,1-2H3,(H,11,12,13). The number of hydrogen-bond donors (Lipinski definition) is 1. The largest absolute Gasteiger partial charge is 0.371 e. The van der Waals surface area contributed by atoms with E-state index < -0.39 is 0 Å². The zero-order valence-electron chi connectivity index (χ0n) is 8.73. The van der Waals surface area contributed by atoms with Gasteiger partial charge in [0.25, 0.3) is 0 Å². The summed E-state index contributed by atoms with van der Waals surface area (Å²) in [6.07, 6.45) is 0.209. The number of ether oxygens (including phenoxy) is 1. The molecule has 5 heteroatoms. The van der Waals surface area contributed by atoms with Gasteiger partial charge < -0.3 is 4.74 Å². The van der Waals surface area contributed by atoms with Crippen LogP contribution in [0.3, 0.4) is 0 Å². The zero-order chi connectivity index (χ0) is 10.7. The fraction of sp³-hybridized carbons (Fsp3) is 0.400. The normalized spacial score (nSPS) is 11.1. The van der Waals surface area contributed by atoms with Crippen molar-refractivity contribution in [3.05, 3.63) is 23.3 Å². The Morgan fingerprint density at radius 2 is 2.40 bits per heavy atom. The van der Waals surface area contributed by atoms with Crippen LogP contribution in [-0.4, -0.2) is 21.3 Å². The lowest BCUT2D eigenvalue weighted by molar-refractivity contribution is 0.0615. The predicted molar refractivity (Wildman–Crippen MR) is 59.6 cm³/mol. The molecule has 0 saturated carbocycles. The molecule has 15 heavy (non-hydrogen) atoms. The van der Waals surface area contributed by atoms with Crippen LogP contribution in [0.15, 0.2) is 17.5 Å². The van der Waals surface area contributed by atoms with Crippen molar-refractivity contribution in [2.24, 2.45) is 0 Å². The summed E-state index contributed by atoms with van der Waals surface area (Å²) in [5, 5.41) is 9.01. The minimum Gasteiger partial charge on any atom is -0.371 e. The van der Waals surface area contributed by atoms with E-state index in [1.165, 1.54) is 0 Å². The maximum absolute atomic E-state index is 5.43. The SMILES string of the molecule is CC(C)OCc1nc(-c2cccs2)n[nH]1. The smallest absolute Gasteiger partial charge is 0.191 e. The molecule has 0 aliphatic heterocycles. The summed E-state index contributed by atoms with van der Waals surface area (Å²) in [7, 11) is 0. The summed E-state index contributed by atoms with van der Waals surface area (Å²) >= 11 is 1.63. The predicted octanol–water partition coefficient (Wildman–Crippen LogP) is 2.46. The minimum atomic E-state index is 0.209. The van der Waals surface area contributed by atoms with Gasteiger partial charge in [0.05, 0.1) is 11.0 Å². The number of aromatic amines is 1. The van der Waals surface area contributed by atoms with Crippen molar-refractivity contribution in [2.75, 3.05) is 0 Å². The highest BCUT2D eigenvalue weighted by molar-refractivity contribution is 7.13. The molecule has 4 nitrogen and oxygen atoms in total. The monoisotopic (exact) mass is 223 g/mol. The second kappa shape index (κ2) is 4.55. The molecular formula is C10H13N3OS. The molecule has 0 amide bonds. The van der Waals surface area contributed by atoms with Gasteiger partial charge in [-0.1, -0.05) is 6.07 Å². The number of hydrogen-bond acceptors (Lipinski definition) is 4. The number of thiophene rings is 1. The molecule has 1 N–H and O–H groups in total. The molecule has 0 saturated heterocycles. The van der Waals surface area contributed by atoms with Crippen LogP contribution in [0.2, 0.25) is 0 Å². The lowest BCUT2D eigenvalue weighted by Gasteiger charge is -2.03. The number of aromatic nitrogens is 3. The van der Waals surface area contributed by atoms with Crippen LogP contribution >= 0.6 is 11.3 Å². The van der Waals surface area contributed by atoms with Crippen LogP contribution in [0, 0.1) is 0 Å². The molecule has 2 rings (SSSR count). The van der Waals surface area contributed by atoms with Crippen LogP contribution in [0.1, 0.15) is 19.7 Å². The molecule has 2 aromatic rings. The first-order valence-electron chi connectivity index (χ1n) is 4.82. The average molecular weight is 223 g/mol. The summed E-state index contributed by atoms with van der Waals surface area (Å²) in [6.45, 7) is 4.48. The van der Waals surface area contributed by atoms with E-state index in [0.29, 0.717) is 6.61 Å². The van der Waals surface area contributed by atoms with Crippen LogP contribution in [-0.2, 0) is 11.3 Å². The topological polar surface area (TPSA) is 50.8 Å². The van der Waals surface area contributed by atoms with Gasteiger partial charge in [0.15, 0.2) is 11.6 Å². The van der Waals surface area contributed by atoms with E-state index in [0.717, 1.165) is 16.5 Å². The fourth-order valence-corrected chi connectivity index (χ4v) is 1.78. The van der Waals surface area contributed by atoms with Gasteiger partial charge in [0, 0.05) is 0 Å². The van der Waals surface area contributed by atoms with Crippen LogP contribution in [0.4, 0.5) is 0 Å². The summed E-state index contributed by atoms with van der Waals surface area (Å²) in [5.41, 5.74) is 0. The van der Waals surface area contributed by atoms with E-state index in [1.54, 1.807) is 11.3 Å². The molecule has 0 aliphatic carbocycles. The van der Waals surface area contributed by atoms with E-state index in [9.17, 15) is 0 Å². The van der Waals surface area contributed by atoms with Gasteiger partial charge >= 0.3 is 0 Å². The van der Waals surface area contributed by atoms with Crippen LogP contribution in [0.25, 0.3) is 10.7 Å². The maximum Gasteiger partial charge on any atom is 0.191 e. The Balaban J connectivity index is 2.04. The van der Waals surface area contributed by atoms with E-state index in [4.69, 9.17) is 4.74 Å². The summed E-state index contributed by atoms with van der Waals surface area (Å²) in [4.78, 5) is 5.41. The summed E-state index contributed by atoms with van der Waals surface area (Å²) in [5.74, 6) is 1.51. The van der Waals surface area contributed by atoms with Crippen molar-refractivity contribution in [2.45, 2.75) is 26.6 Å². The third-order valence-electron chi connectivity index (χ3n) is 1.83. The molecular weight excluding hydrogens is 210 g/mol. The highest BCUT2D eigenvalue weighted by Crippen LogP contribution is 2.20. The number of rotatable bonds is 4. The Labute approximate surface area is 92.3 Å². The second-order valence-corrected chi connectivity index (χ2v) is 4.39. The molecule has 0 bridgehead atoms. The lowest BCUT2D eigenvalue weighted by atomic mass is 10.4. The van der Waals surface area contributed by atoms with Crippen molar-refractivity contribution in [1.29, 1.82) is 0 Å². The second-order valence-electron chi connectivity index (χ2n) is 3.44. The Morgan fingerprint density at radius 3 is 3.07 bits per heavy atom. The molecule has 80 valence electrons. The maximum atomic E-state index is 5.43. The fourth-order valence-electron chi connectivity index (χ4n) is 1.12. The van der Waals surface area contributed by atoms with Gasteiger partial charge in [-0.05, 0) is 25.3 Å². The van der Waals surface area contributed by atoms with Crippen molar-refractivity contribution in [3.8, 4) is 10.7 Å².